The van der Waals surface area contributed by atoms with Gasteiger partial charge < -0.3 is 14.8 Å². The molecule has 0 atom stereocenters. The van der Waals surface area contributed by atoms with Crippen LogP contribution in [-0.2, 0) is 15.6 Å². The molecule has 2 aromatic carbocycles. The van der Waals surface area contributed by atoms with E-state index in [-0.39, 0.29) is 33.6 Å². The van der Waals surface area contributed by atoms with E-state index in [2.05, 4.69) is 5.32 Å². The highest BCUT2D eigenvalue weighted by molar-refractivity contribution is 7.90. The van der Waals surface area contributed by atoms with E-state index in [9.17, 15) is 18.3 Å². The highest BCUT2D eigenvalue weighted by atomic mass is 32.2. The van der Waals surface area contributed by atoms with Gasteiger partial charge in [-0.25, -0.2) is 8.42 Å². The number of sulfone groups is 1. The van der Waals surface area contributed by atoms with E-state index in [1.165, 1.54) is 36.4 Å². The first-order valence-electron chi connectivity index (χ1n) is 7.41. The Labute approximate surface area is 144 Å². The number of nitrogens with one attached hydrogen (secondary N) is 1. The molecule has 0 saturated carbocycles. The van der Waals surface area contributed by atoms with Crippen molar-refractivity contribution in [1.82, 2.24) is 0 Å². The first kappa shape index (κ1) is 16.8. The van der Waals surface area contributed by atoms with Gasteiger partial charge in [0.05, 0.1) is 10.6 Å². The van der Waals surface area contributed by atoms with E-state index < -0.39 is 15.7 Å². The molecule has 128 valence electrons. The number of hydrogen-bond donors (Lipinski definition) is 2. The molecular formula is C18H15NO5S. The number of para-hydroxylation sites is 2. The van der Waals surface area contributed by atoms with E-state index >= 15 is 0 Å². The summed E-state index contributed by atoms with van der Waals surface area (Å²) in [6, 6.07) is 17.1. The highest BCUT2D eigenvalue weighted by Gasteiger charge is 2.19. The highest BCUT2D eigenvalue weighted by Crippen LogP contribution is 2.23. The number of hydrogen-bond acceptors (Lipinski definition) is 5. The summed E-state index contributed by atoms with van der Waals surface area (Å²) in [7, 11) is -3.56. The molecule has 3 rings (SSSR count). The third-order valence-electron chi connectivity index (χ3n) is 3.47. The van der Waals surface area contributed by atoms with Crippen molar-refractivity contribution in [3.05, 3.63) is 78.3 Å². The zero-order valence-corrected chi connectivity index (χ0v) is 13.9. The summed E-state index contributed by atoms with van der Waals surface area (Å²) in [4.78, 5) is 12.3. The van der Waals surface area contributed by atoms with Crippen LogP contribution in [0.2, 0.25) is 0 Å². The lowest BCUT2D eigenvalue weighted by Crippen LogP contribution is -2.11. The number of carbonyl (C=O) groups is 1. The fourth-order valence-corrected chi connectivity index (χ4v) is 3.51. The second kappa shape index (κ2) is 6.82. The van der Waals surface area contributed by atoms with Crippen molar-refractivity contribution < 1.29 is 22.7 Å². The first-order chi connectivity index (χ1) is 12.0. The van der Waals surface area contributed by atoms with Crippen molar-refractivity contribution in [2.45, 2.75) is 10.6 Å². The SMILES string of the molecule is O=C(Nc1ccccc1O)c1ccc(CS(=O)(=O)c2ccccc2)o1. The van der Waals surface area contributed by atoms with Crippen LogP contribution in [0.5, 0.6) is 5.75 Å². The Bertz CT molecular complexity index is 993. The molecule has 0 aliphatic heterocycles. The third kappa shape index (κ3) is 3.89. The van der Waals surface area contributed by atoms with Gasteiger partial charge in [0.15, 0.2) is 15.6 Å². The topological polar surface area (TPSA) is 96.6 Å². The van der Waals surface area contributed by atoms with Crippen molar-refractivity contribution in [2.75, 3.05) is 5.32 Å². The van der Waals surface area contributed by atoms with Gasteiger partial charge in [0.2, 0.25) is 0 Å². The van der Waals surface area contributed by atoms with E-state index in [1.807, 2.05) is 0 Å². The number of anilines is 1. The minimum absolute atomic E-state index is 0.0403. The second-order valence-corrected chi connectivity index (χ2v) is 7.30. The van der Waals surface area contributed by atoms with Gasteiger partial charge in [-0.05, 0) is 36.4 Å². The molecule has 1 amide bonds. The number of furan rings is 1. The molecule has 3 aromatic rings. The molecule has 0 aliphatic rings. The van der Waals surface area contributed by atoms with Crippen molar-refractivity contribution >= 4 is 21.4 Å². The number of rotatable bonds is 5. The standard InChI is InChI=1S/C18H15NO5S/c20-16-9-5-4-8-15(16)19-18(21)17-11-10-13(24-17)12-25(22,23)14-6-2-1-3-7-14/h1-11,20H,12H2,(H,19,21). The van der Waals surface area contributed by atoms with Gasteiger partial charge in [-0.1, -0.05) is 30.3 Å². The zero-order chi connectivity index (χ0) is 17.9. The van der Waals surface area contributed by atoms with Gasteiger partial charge >= 0.3 is 0 Å². The molecule has 6 nitrogen and oxygen atoms in total. The normalized spacial score (nSPS) is 11.2. The predicted octanol–water partition coefficient (Wildman–Crippen LogP) is 3.21. The zero-order valence-electron chi connectivity index (χ0n) is 13.0. The van der Waals surface area contributed by atoms with Crippen LogP contribution >= 0.6 is 0 Å². The Morgan fingerprint density at radius 1 is 0.960 bits per heavy atom. The summed E-state index contributed by atoms with van der Waals surface area (Å²) in [5, 5.41) is 12.2. The molecule has 0 fully saturated rings. The maximum atomic E-state index is 12.3. The molecule has 0 spiro atoms. The molecular weight excluding hydrogens is 342 g/mol. The van der Waals surface area contributed by atoms with Gasteiger partial charge in [0, 0.05) is 0 Å². The fraction of sp³-hybridized carbons (Fsp3) is 0.0556. The van der Waals surface area contributed by atoms with Crippen molar-refractivity contribution in [3.8, 4) is 5.75 Å². The van der Waals surface area contributed by atoms with E-state index in [0.717, 1.165) is 0 Å². The molecule has 25 heavy (non-hydrogen) atoms. The lowest BCUT2D eigenvalue weighted by Gasteiger charge is -2.05. The molecule has 1 aromatic heterocycles. The summed E-state index contributed by atoms with van der Waals surface area (Å²) in [6.07, 6.45) is 0. The monoisotopic (exact) mass is 357 g/mol. The van der Waals surface area contributed by atoms with Crippen LogP contribution in [0.4, 0.5) is 5.69 Å². The molecule has 1 heterocycles. The molecule has 0 unspecified atom stereocenters. The molecule has 0 saturated heterocycles. The van der Waals surface area contributed by atoms with Crippen molar-refractivity contribution in [1.29, 1.82) is 0 Å². The van der Waals surface area contributed by atoms with Crippen LogP contribution in [0, 0.1) is 0 Å². The summed E-state index contributed by atoms with van der Waals surface area (Å²) >= 11 is 0. The number of aromatic hydroxyl groups is 1. The number of carbonyl (C=O) groups excluding carboxylic acids is 1. The molecule has 0 aliphatic carbocycles. The number of amides is 1. The Balaban J connectivity index is 1.74. The molecule has 0 radical (unpaired) electrons. The Hall–Kier alpha value is -3.06. The van der Waals surface area contributed by atoms with Crippen LogP contribution in [0.15, 0.2) is 76.0 Å². The average Bonchev–Trinajstić information content (AvgIpc) is 3.06. The fourth-order valence-electron chi connectivity index (χ4n) is 2.24. The van der Waals surface area contributed by atoms with Gasteiger partial charge in [0.1, 0.15) is 17.3 Å². The van der Waals surface area contributed by atoms with Crippen LogP contribution in [0.1, 0.15) is 16.3 Å². The molecule has 7 heteroatoms. The lowest BCUT2D eigenvalue weighted by atomic mass is 10.3. The Morgan fingerprint density at radius 3 is 2.36 bits per heavy atom. The number of benzene rings is 2. The number of phenols is 1. The molecule has 0 bridgehead atoms. The smallest absolute Gasteiger partial charge is 0.291 e. The van der Waals surface area contributed by atoms with E-state index in [0.29, 0.717) is 0 Å². The van der Waals surface area contributed by atoms with Crippen molar-refractivity contribution in [3.63, 3.8) is 0 Å². The van der Waals surface area contributed by atoms with Gasteiger partial charge in [0.25, 0.3) is 5.91 Å². The quantitative estimate of drug-likeness (QED) is 0.684. The Morgan fingerprint density at radius 2 is 1.64 bits per heavy atom. The van der Waals surface area contributed by atoms with Crippen molar-refractivity contribution in [2.24, 2.45) is 0 Å². The average molecular weight is 357 g/mol. The lowest BCUT2D eigenvalue weighted by molar-refractivity contribution is 0.0995. The largest absolute Gasteiger partial charge is 0.506 e. The minimum atomic E-state index is -3.56. The van der Waals surface area contributed by atoms with Crippen LogP contribution in [-0.4, -0.2) is 19.4 Å². The van der Waals surface area contributed by atoms with Crippen LogP contribution in [0.25, 0.3) is 0 Å². The van der Waals surface area contributed by atoms with Crippen LogP contribution in [0.3, 0.4) is 0 Å². The predicted molar refractivity (Wildman–Crippen MR) is 92.1 cm³/mol. The summed E-state index contributed by atoms with van der Waals surface area (Å²) in [5.41, 5.74) is 0.238. The third-order valence-corrected chi connectivity index (χ3v) is 5.13. The maximum Gasteiger partial charge on any atom is 0.291 e. The van der Waals surface area contributed by atoms with E-state index in [4.69, 9.17) is 4.42 Å². The van der Waals surface area contributed by atoms with E-state index in [1.54, 1.807) is 30.3 Å². The first-order valence-corrected chi connectivity index (χ1v) is 9.07. The van der Waals surface area contributed by atoms with Gasteiger partial charge in [-0.3, -0.25) is 4.79 Å². The maximum absolute atomic E-state index is 12.3. The van der Waals surface area contributed by atoms with Gasteiger partial charge in [-0.2, -0.15) is 0 Å². The second-order valence-electron chi connectivity index (χ2n) is 5.31. The summed E-state index contributed by atoms with van der Waals surface area (Å²) in [6.45, 7) is 0. The summed E-state index contributed by atoms with van der Waals surface area (Å²) < 4.78 is 30.0. The number of phenolic OH excluding ortho intramolecular Hbond substituents is 1. The van der Waals surface area contributed by atoms with Crippen LogP contribution < -0.4 is 5.32 Å². The minimum Gasteiger partial charge on any atom is -0.506 e. The molecule has 2 N–H and O–H groups in total. The van der Waals surface area contributed by atoms with Gasteiger partial charge in [-0.15, -0.1) is 0 Å². The summed E-state index contributed by atoms with van der Waals surface area (Å²) in [5.74, 6) is -0.882. The Kier molecular flexibility index (Phi) is 4.58.